The van der Waals surface area contributed by atoms with E-state index in [1.54, 1.807) is 20.1 Å². The molecule has 0 saturated heterocycles. The molecule has 0 aliphatic heterocycles. The molecular formula is C24H27N5O5. The second-order valence-corrected chi connectivity index (χ2v) is 7.22. The van der Waals surface area contributed by atoms with Gasteiger partial charge in [0.15, 0.2) is 11.5 Å². The summed E-state index contributed by atoms with van der Waals surface area (Å²) in [5, 5.41) is 2.83. The Morgan fingerprint density at radius 2 is 1.82 bits per heavy atom. The molecule has 0 bridgehead atoms. The number of esters is 1. The van der Waals surface area contributed by atoms with Gasteiger partial charge >= 0.3 is 5.97 Å². The molecule has 178 valence electrons. The van der Waals surface area contributed by atoms with Crippen molar-refractivity contribution in [1.82, 2.24) is 15.3 Å². The first-order valence-electron chi connectivity index (χ1n) is 10.5. The maximum absolute atomic E-state index is 12.7. The van der Waals surface area contributed by atoms with Gasteiger partial charge in [0.1, 0.15) is 12.2 Å². The minimum absolute atomic E-state index is 0.00450. The predicted octanol–water partition coefficient (Wildman–Crippen LogP) is 2.48. The van der Waals surface area contributed by atoms with Gasteiger partial charge in [-0.25, -0.2) is 4.98 Å². The second kappa shape index (κ2) is 11.0. The minimum Gasteiger partial charge on any atom is -0.493 e. The first-order valence-corrected chi connectivity index (χ1v) is 10.5. The number of rotatable bonds is 9. The van der Waals surface area contributed by atoms with Crippen LogP contribution in [0.1, 0.15) is 30.5 Å². The van der Waals surface area contributed by atoms with Gasteiger partial charge in [-0.3, -0.25) is 9.59 Å². The molecule has 0 aliphatic rings. The Morgan fingerprint density at radius 1 is 1.09 bits per heavy atom. The average Bonchev–Trinajstić information content (AvgIpc) is 2.82. The maximum atomic E-state index is 12.7. The molecule has 0 radical (unpaired) electrons. The van der Waals surface area contributed by atoms with Crippen molar-refractivity contribution in [3.63, 3.8) is 0 Å². The maximum Gasteiger partial charge on any atom is 0.315 e. The van der Waals surface area contributed by atoms with Crippen LogP contribution in [0.2, 0.25) is 0 Å². The highest BCUT2D eigenvalue weighted by Crippen LogP contribution is 2.42. The summed E-state index contributed by atoms with van der Waals surface area (Å²) in [6, 6.07) is 12.3. The molecule has 2 aromatic carbocycles. The van der Waals surface area contributed by atoms with Gasteiger partial charge in [-0.2, -0.15) is 4.98 Å². The molecule has 1 aromatic heterocycles. The quantitative estimate of drug-likeness (QED) is 0.320. The molecular weight excluding hydrogens is 438 g/mol. The number of ether oxygens (including phenoxy) is 3. The van der Waals surface area contributed by atoms with Gasteiger partial charge in [0.2, 0.25) is 11.9 Å². The third-order valence-corrected chi connectivity index (χ3v) is 5.01. The first-order chi connectivity index (χ1) is 16.4. The molecule has 0 spiro atoms. The summed E-state index contributed by atoms with van der Waals surface area (Å²) < 4.78 is 16.1. The standard InChI is InChI=1S/C24H27N5O5/c1-4-34-20(31)12-19(30)28-21(17-13-27-24(26)29-23(17)25)15-10-16(14-8-6-5-7-9-14)22(33-3)18(11-15)32-2/h5-11,13,21H,4,12H2,1-3H3,(H,28,30)(H4,25,26,27,29). The smallest absolute Gasteiger partial charge is 0.315 e. The Morgan fingerprint density at radius 3 is 2.44 bits per heavy atom. The predicted molar refractivity (Wildman–Crippen MR) is 127 cm³/mol. The fourth-order valence-electron chi connectivity index (χ4n) is 3.52. The normalized spacial score (nSPS) is 11.4. The molecule has 5 N–H and O–H groups in total. The highest BCUT2D eigenvalue weighted by molar-refractivity contribution is 5.94. The third kappa shape index (κ3) is 5.52. The molecule has 34 heavy (non-hydrogen) atoms. The average molecular weight is 466 g/mol. The van der Waals surface area contributed by atoms with Crippen molar-refractivity contribution >= 4 is 23.6 Å². The summed E-state index contributed by atoms with van der Waals surface area (Å²) >= 11 is 0. The van der Waals surface area contributed by atoms with E-state index in [2.05, 4.69) is 15.3 Å². The van der Waals surface area contributed by atoms with Gasteiger partial charge in [-0.15, -0.1) is 0 Å². The van der Waals surface area contributed by atoms with Crippen LogP contribution in [0.3, 0.4) is 0 Å². The van der Waals surface area contributed by atoms with Crippen LogP contribution in [0, 0.1) is 0 Å². The van der Waals surface area contributed by atoms with Crippen molar-refractivity contribution < 1.29 is 23.8 Å². The van der Waals surface area contributed by atoms with Gasteiger partial charge in [0, 0.05) is 17.3 Å². The van der Waals surface area contributed by atoms with Crippen LogP contribution >= 0.6 is 0 Å². The van der Waals surface area contributed by atoms with Crippen LogP contribution in [0.4, 0.5) is 11.8 Å². The summed E-state index contributed by atoms with van der Waals surface area (Å²) in [6.45, 7) is 1.84. The molecule has 10 heteroatoms. The lowest BCUT2D eigenvalue weighted by Gasteiger charge is -2.23. The van der Waals surface area contributed by atoms with Crippen molar-refractivity contribution in [1.29, 1.82) is 0 Å². The Kier molecular flexibility index (Phi) is 7.86. The Balaban J connectivity index is 2.14. The highest BCUT2D eigenvalue weighted by atomic mass is 16.5. The van der Waals surface area contributed by atoms with E-state index < -0.39 is 24.3 Å². The number of benzene rings is 2. The van der Waals surface area contributed by atoms with E-state index in [-0.39, 0.29) is 18.4 Å². The van der Waals surface area contributed by atoms with Crippen LogP contribution in [0.5, 0.6) is 11.5 Å². The summed E-state index contributed by atoms with van der Waals surface area (Å²) in [5.41, 5.74) is 14.4. The molecule has 3 aromatic rings. The molecule has 3 rings (SSSR count). The van der Waals surface area contributed by atoms with Crippen LogP contribution in [-0.2, 0) is 14.3 Å². The number of carbonyl (C=O) groups is 2. The van der Waals surface area contributed by atoms with Gasteiger partial charge in [-0.1, -0.05) is 30.3 Å². The monoisotopic (exact) mass is 465 g/mol. The van der Waals surface area contributed by atoms with E-state index in [1.165, 1.54) is 13.3 Å². The SMILES string of the molecule is CCOC(=O)CC(=O)NC(c1cc(OC)c(OC)c(-c2ccccc2)c1)c1cnc(N)nc1N. The Bertz CT molecular complexity index is 1170. The number of hydrogen-bond donors (Lipinski definition) is 3. The van der Waals surface area contributed by atoms with E-state index >= 15 is 0 Å². The van der Waals surface area contributed by atoms with Gasteiger partial charge in [-0.05, 0) is 30.2 Å². The van der Waals surface area contributed by atoms with Crippen molar-refractivity contribution in [3.8, 4) is 22.6 Å². The number of carbonyl (C=O) groups excluding carboxylic acids is 2. The highest BCUT2D eigenvalue weighted by Gasteiger charge is 2.25. The van der Waals surface area contributed by atoms with Crippen molar-refractivity contribution in [2.75, 3.05) is 32.3 Å². The Labute approximate surface area is 197 Å². The van der Waals surface area contributed by atoms with Crippen LogP contribution in [0.15, 0.2) is 48.7 Å². The number of aromatic nitrogens is 2. The lowest BCUT2D eigenvalue weighted by molar-refractivity contribution is -0.146. The van der Waals surface area contributed by atoms with Gasteiger partial charge < -0.3 is 31.0 Å². The number of methoxy groups -OCH3 is 2. The van der Waals surface area contributed by atoms with E-state index in [9.17, 15) is 9.59 Å². The van der Waals surface area contributed by atoms with E-state index in [0.29, 0.717) is 22.6 Å². The Hall–Kier alpha value is -4.34. The molecule has 0 fully saturated rings. The summed E-state index contributed by atoms with van der Waals surface area (Å²) in [4.78, 5) is 32.6. The molecule has 1 unspecified atom stereocenters. The number of amides is 1. The fraction of sp³-hybridized carbons (Fsp3) is 0.250. The molecule has 10 nitrogen and oxygen atoms in total. The van der Waals surface area contributed by atoms with Gasteiger partial charge in [0.05, 0.1) is 26.9 Å². The topological polar surface area (TPSA) is 152 Å². The molecule has 1 atom stereocenters. The zero-order chi connectivity index (χ0) is 24.7. The lowest BCUT2D eigenvalue weighted by Crippen LogP contribution is -2.32. The number of nitrogens with one attached hydrogen (secondary N) is 1. The van der Waals surface area contributed by atoms with Crippen molar-refractivity contribution in [2.45, 2.75) is 19.4 Å². The summed E-state index contributed by atoms with van der Waals surface area (Å²) in [6.07, 6.45) is 0.977. The fourth-order valence-corrected chi connectivity index (χ4v) is 3.52. The largest absolute Gasteiger partial charge is 0.493 e. The number of nitrogen functional groups attached to an aromatic ring is 2. The van der Waals surface area contributed by atoms with Gasteiger partial charge in [0.25, 0.3) is 0 Å². The number of anilines is 2. The number of nitrogens with two attached hydrogens (primary N) is 2. The third-order valence-electron chi connectivity index (χ3n) is 5.01. The summed E-state index contributed by atoms with van der Waals surface area (Å²) in [5.74, 6) is -0.151. The molecule has 0 aliphatic carbocycles. The van der Waals surface area contributed by atoms with E-state index in [1.807, 2.05) is 36.4 Å². The van der Waals surface area contributed by atoms with E-state index in [0.717, 1.165) is 11.1 Å². The second-order valence-electron chi connectivity index (χ2n) is 7.22. The van der Waals surface area contributed by atoms with Crippen LogP contribution in [0.25, 0.3) is 11.1 Å². The summed E-state index contributed by atoms with van der Waals surface area (Å²) in [7, 11) is 3.07. The zero-order valence-electron chi connectivity index (χ0n) is 19.2. The first kappa shape index (κ1) is 24.3. The van der Waals surface area contributed by atoms with E-state index in [4.69, 9.17) is 25.7 Å². The molecule has 1 heterocycles. The zero-order valence-corrected chi connectivity index (χ0v) is 19.2. The minimum atomic E-state index is -0.815. The van der Waals surface area contributed by atoms with Crippen molar-refractivity contribution in [3.05, 3.63) is 59.8 Å². The van der Waals surface area contributed by atoms with Crippen LogP contribution < -0.4 is 26.3 Å². The number of nitrogens with zero attached hydrogens (tertiary/aromatic N) is 2. The van der Waals surface area contributed by atoms with Crippen molar-refractivity contribution in [2.24, 2.45) is 0 Å². The van der Waals surface area contributed by atoms with Crippen LogP contribution in [-0.4, -0.2) is 42.7 Å². The lowest BCUT2D eigenvalue weighted by atomic mass is 9.94. The molecule has 0 saturated carbocycles. The number of hydrogen-bond acceptors (Lipinski definition) is 9. The molecule has 1 amide bonds.